The van der Waals surface area contributed by atoms with E-state index in [1.165, 1.54) is 38.3 Å². The van der Waals surface area contributed by atoms with Gasteiger partial charge in [-0.2, -0.15) is 0 Å². The number of nitrogens with zero attached hydrogens (tertiary/aromatic N) is 1. The SMILES string of the molecule is Brc1ccc2c(ccc3c2c2ccccc2n3-c2ccccc2)c1. The average molecular weight is 372 g/mol. The van der Waals surface area contributed by atoms with Crippen molar-refractivity contribution in [3.05, 3.63) is 89.4 Å². The number of rotatable bonds is 1. The molecule has 1 aromatic heterocycles. The number of hydrogen-bond acceptors (Lipinski definition) is 0. The van der Waals surface area contributed by atoms with Gasteiger partial charge in [0.15, 0.2) is 0 Å². The summed E-state index contributed by atoms with van der Waals surface area (Å²) in [6.45, 7) is 0. The second-order valence-corrected chi connectivity index (χ2v) is 6.93. The first-order chi connectivity index (χ1) is 11.8. The zero-order valence-electron chi connectivity index (χ0n) is 12.9. The zero-order valence-corrected chi connectivity index (χ0v) is 14.5. The molecule has 5 rings (SSSR count). The summed E-state index contributed by atoms with van der Waals surface area (Å²) in [5.41, 5.74) is 3.69. The Labute approximate surface area is 148 Å². The normalized spacial score (nSPS) is 11.5. The Morgan fingerprint density at radius 2 is 1.42 bits per heavy atom. The summed E-state index contributed by atoms with van der Waals surface area (Å²) in [6, 6.07) is 30.2. The third-order valence-electron chi connectivity index (χ3n) is 4.63. The molecule has 0 aliphatic heterocycles. The largest absolute Gasteiger partial charge is 0.309 e. The molecular formula is C22H14BrN. The maximum atomic E-state index is 3.58. The molecule has 0 atom stereocenters. The van der Waals surface area contributed by atoms with Crippen molar-refractivity contribution in [3.63, 3.8) is 0 Å². The van der Waals surface area contributed by atoms with Crippen LogP contribution in [-0.4, -0.2) is 4.57 Å². The third kappa shape index (κ3) is 1.93. The molecule has 5 aromatic rings. The van der Waals surface area contributed by atoms with Gasteiger partial charge in [0, 0.05) is 20.9 Å². The van der Waals surface area contributed by atoms with Crippen LogP contribution in [0.5, 0.6) is 0 Å². The summed E-state index contributed by atoms with van der Waals surface area (Å²) in [4.78, 5) is 0. The van der Waals surface area contributed by atoms with Gasteiger partial charge < -0.3 is 4.57 Å². The standard InChI is InChI=1S/C22H14BrN/c23-16-11-12-18-15(14-16)10-13-21-22(18)19-8-4-5-9-20(19)24(21)17-6-2-1-3-7-17/h1-14H. The van der Waals surface area contributed by atoms with Gasteiger partial charge in [-0.05, 0) is 47.2 Å². The molecule has 0 N–H and O–H groups in total. The maximum Gasteiger partial charge on any atom is 0.0547 e. The van der Waals surface area contributed by atoms with Gasteiger partial charge in [-0.3, -0.25) is 0 Å². The molecule has 4 aromatic carbocycles. The van der Waals surface area contributed by atoms with Crippen LogP contribution in [0, 0.1) is 0 Å². The monoisotopic (exact) mass is 371 g/mol. The van der Waals surface area contributed by atoms with E-state index in [0.717, 1.165) is 4.47 Å². The molecule has 2 heteroatoms. The fraction of sp³-hybridized carbons (Fsp3) is 0. The highest BCUT2D eigenvalue weighted by Gasteiger charge is 2.14. The van der Waals surface area contributed by atoms with E-state index in [2.05, 4.69) is 105 Å². The molecule has 0 radical (unpaired) electrons. The van der Waals surface area contributed by atoms with Gasteiger partial charge in [0.1, 0.15) is 0 Å². The van der Waals surface area contributed by atoms with Gasteiger partial charge in [-0.1, -0.05) is 64.5 Å². The Morgan fingerprint density at radius 1 is 0.625 bits per heavy atom. The van der Waals surface area contributed by atoms with Crippen LogP contribution in [-0.2, 0) is 0 Å². The molecule has 0 aliphatic rings. The van der Waals surface area contributed by atoms with Gasteiger partial charge in [-0.15, -0.1) is 0 Å². The minimum absolute atomic E-state index is 1.11. The van der Waals surface area contributed by atoms with E-state index >= 15 is 0 Å². The Balaban J connectivity index is 2.04. The molecule has 1 heterocycles. The lowest BCUT2D eigenvalue weighted by Crippen LogP contribution is -1.92. The quantitative estimate of drug-likeness (QED) is 0.309. The van der Waals surface area contributed by atoms with Crippen LogP contribution >= 0.6 is 15.9 Å². The third-order valence-corrected chi connectivity index (χ3v) is 5.12. The second kappa shape index (κ2) is 5.22. The molecule has 0 saturated carbocycles. The molecule has 0 spiro atoms. The van der Waals surface area contributed by atoms with Gasteiger partial charge in [-0.25, -0.2) is 0 Å². The van der Waals surface area contributed by atoms with Crippen molar-refractivity contribution in [2.75, 3.05) is 0 Å². The zero-order chi connectivity index (χ0) is 16.1. The molecule has 0 fully saturated rings. The highest BCUT2D eigenvalue weighted by Crippen LogP contribution is 2.37. The molecular weight excluding hydrogens is 358 g/mol. The molecule has 0 aliphatic carbocycles. The minimum Gasteiger partial charge on any atom is -0.309 e. The van der Waals surface area contributed by atoms with Crippen molar-refractivity contribution in [2.24, 2.45) is 0 Å². The van der Waals surface area contributed by atoms with Crippen molar-refractivity contribution in [1.29, 1.82) is 0 Å². The number of halogens is 1. The summed E-state index contributed by atoms with van der Waals surface area (Å²) < 4.78 is 3.47. The summed E-state index contributed by atoms with van der Waals surface area (Å²) >= 11 is 3.58. The van der Waals surface area contributed by atoms with Gasteiger partial charge in [0.25, 0.3) is 0 Å². The Morgan fingerprint density at radius 3 is 2.29 bits per heavy atom. The van der Waals surface area contributed by atoms with Crippen LogP contribution < -0.4 is 0 Å². The van der Waals surface area contributed by atoms with E-state index in [1.807, 2.05) is 0 Å². The Hall–Kier alpha value is -2.58. The van der Waals surface area contributed by atoms with Gasteiger partial charge in [0.05, 0.1) is 11.0 Å². The summed E-state index contributed by atoms with van der Waals surface area (Å²) in [6.07, 6.45) is 0. The second-order valence-electron chi connectivity index (χ2n) is 6.01. The highest BCUT2D eigenvalue weighted by molar-refractivity contribution is 9.10. The number of fused-ring (bicyclic) bond motifs is 5. The van der Waals surface area contributed by atoms with Gasteiger partial charge in [0.2, 0.25) is 0 Å². The van der Waals surface area contributed by atoms with Crippen molar-refractivity contribution < 1.29 is 0 Å². The average Bonchev–Trinajstić information content (AvgIpc) is 2.97. The summed E-state index contributed by atoms with van der Waals surface area (Å²) in [7, 11) is 0. The fourth-order valence-electron chi connectivity index (χ4n) is 3.62. The van der Waals surface area contributed by atoms with E-state index < -0.39 is 0 Å². The van der Waals surface area contributed by atoms with Crippen molar-refractivity contribution >= 4 is 48.5 Å². The lowest BCUT2D eigenvalue weighted by molar-refractivity contribution is 1.18. The lowest BCUT2D eigenvalue weighted by atomic mass is 10.0. The van der Waals surface area contributed by atoms with Crippen LogP contribution in [0.15, 0.2) is 89.4 Å². The Kier molecular flexibility index (Phi) is 3.00. The van der Waals surface area contributed by atoms with Crippen molar-refractivity contribution in [3.8, 4) is 5.69 Å². The Bertz CT molecular complexity index is 1200. The molecule has 0 unspecified atom stereocenters. The first-order valence-corrected chi connectivity index (χ1v) is 8.79. The summed E-state index contributed by atoms with van der Waals surface area (Å²) in [5.74, 6) is 0. The molecule has 24 heavy (non-hydrogen) atoms. The van der Waals surface area contributed by atoms with E-state index in [1.54, 1.807) is 0 Å². The van der Waals surface area contributed by atoms with Crippen LogP contribution in [0.3, 0.4) is 0 Å². The van der Waals surface area contributed by atoms with Crippen molar-refractivity contribution in [2.45, 2.75) is 0 Å². The van der Waals surface area contributed by atoms with Crippen LogP contribution in [0.4, 0.5) is 0 Å². The van der Waals surface area contributed by atoms with E-state index in [9.17, 15) is 0 Å². The number of para-hydroxylation sites is 2. The van der Waals surface area contributed by atoms with E-state index in [4.69, 9.17) is 0 Å². The minimum atomic E-state index is 1.11. The van der Waals surface area contributed by atoms with Crippen LogP contribution in [0.25, 0.3) is 38.3 Å². The van der Waals surface area contributed by atoms with Crippen LogP contribution in [0.2, 0.25) is 0 Å². The predicted octanol–water partition coefficient (Wildman–Crippen LogP) is 6.70. The van der Waals surface area contributed by atoms with Gasteiger partial charge >= 0.3 is 0 Å². The predicted molar refractivity (Wildman–Crippen MR) is 106 cm³/mol. The number of aromatic nitrogens is 1. The molecule has 0 saturated heterocycles. The van der Waals surface area contributed by atoms with Crippen molar-refractivity contribution in [1.82, 2.24) is 4.57 Å². The molecule has 114 valence electrons. The number of hydrogen-bond donors (Lipinski definition) is 0. The van der Waals surface area contributed by atoms with E-state index in [-0.39, 0.29) is 0 Å². The maximum absolute atomic E-state index is 3.58. The van der Waals surface area contributed by atoms with E-state index in [0.29, 0.717) is 0 Å². The lowest BCUT2D eigenvalue weighted by Gasteiger charge is -2.08. The van der Waals surface area contributed by atoms with Crippen LogP contribution in [0.1, 0.15) is 0 Å². The first kappa shape index (κ1) is 13.8. The first-order valence-electron chi connectivity index (χ1n) is 8.00. The summed E-state index contributed by atoms with van der Waals surface area (Å²) in [5, 5.41) is 5.16. The topological polar surface area (TPSA) is 4.93 Å². The smallest absolute Gasteiger partial charge is 0.0547 e. The molecule has 0 bridgehead atoms. The fourth-order valence-corrected chi connectivity index (χ4v) is 4.00. The highest BCUT2D eigenvalue weighted by atomic mass is 79.9. The molecule has 1 nitrogen and oxygen atoms in total. The molecule has 0 amide bonds. The number of benzene rings is 4.